The van der Waals surface area contributed by atoms with E-state index < -0.39 is 0 Å². The number of benzene rings is 1. The van der Waals surface area contributed by atoms with E-state index in [1.165, 1.54) is 38.5 Å². The largest absolute Gasteiger partial charge is 0.496 e. The topological polar surface area (TPSA) is 32.8 Å². The fraction of sp³-hybridized carbons (Fsp3) is 0.632. The fourth-order valence-electron chi connectivity index (χ4n) is 3.90. The molecular weight excluding hydrogens is 288 g/mol. The summed E-state index contributed by atoms with van der Waals surface area (Å²) in [6.45, 7) is 3.66. The number of carbonyl (C=O) groups excluding carboxylic acids is 1. The van der Waals surface area contributed by atoms with Gasteiger partial charge in [0.1, 0.15) is 5.75 Å². The summed E-state index contributed by atoms with van der Waals surface area (Å²) in [6, 6.07) is 8.26. The van der Waals surface area contributed by atoms with Gasteiger partial charge >= 0.3 is 0 Å². The van der Waals surface area contributed by atoms with Crippen LogP contribution in [0.25, 0.3) is 0 Å². The van der Waals surface area contributed by atoms with Crippen molar-refractivity contribution in [3.8, 4) is 5.75 Å². The minimum atomic E-state index is 0.1000. The van der Waals surface area contributed by atoms with Crippen LogP contribution in [-0.4, -0.2) is 55.0 Å². The quantitative estimate of drug-likeness (QED) is 0.803. The predicted octanol–water partition coefficient (Wildman–Crippen LogP) is 3.18. The van der Waals surface area contributed by atoms with Gasteiger partial charge in [0.05, 0.1) is 12.7 Å². The third kappa shape index (κ3) is 3.86. The Morgan fingerprint density at radius 3 is 2.30 bits per heavy atom. The zero-order valence-corrected chi connectivity index (χ0v) is 14.2. The summed E-state index contributed by atoms with van der Waals surface area (Å²) >= 11 is 0. The maximum absolute atomic E-state index is 12.7. The van der Waals surface area contributed by atoms with Crippen molar-refractivity contribution >= 4 is 5.91 Å². The second kappa shape index (κ2) is 7.82. The summed E-state index contributed by atoms with van der Waals surface area (Å²) in [4.78, 5) is 17.3. The second-order valence-corrected chi connectivity index (χ2v) is 6.67. The van der Waals surface area contributed by atoms with E-state index in [2.05, 4.69) is 4.90 Å². The molecule has 0 aromatic heterocycles. The Morgan fingerprint density at radius 2 is 1.65 bits per heavy atom. The molecular formula is C19H28N2O2. The van der Waals surface area contributed by atoms with Crippen LogP contribution in [0.4, 0.5) is 0 Å². The van der Waals surface area contributed by atoms with Gasteiger partial charge in [0.25, 0.3) is 5.91 Å². The molecule has 1 saturated carbocycles. The van der Waals surface area contributed by atoms with E-state index in [0.717, 1.165) is 32.2 Å². The van der Waals surface area contributed by atoms with E-state index in [1.54, 1.807) is 7.11 Å². The van der Waals surface area contributed by atoms with Crippen LogP contribution in [0.5, 0.6) is 5.75 Å². The molecule has 1 aromatic carbocycles. The van der Waals surface area contributed by atoms with Crippen molar-refractivity contribution < 1.29 is 9.53 Å². The lowest BCUT2D eigenvalue weighted by Crippen LogP contribution is -2.51. The van der Waals surface area contributed by atoms with E-state index in [1.807, 2.05) is 29.2 Å². The molecule has 1 aliphatic carbocycles. The van der Waals surface area contributed by atoms with Gasteiger partial charge in [0.2, 0.25) is 0 Å². The maximum atomic E-state index is 12.7. The maximum Gasteiger partial charge on any atom is 0.257 e. The lowest BCUT2D eigenvalue weighted by atomic mass is 10.1. The van der Waals surface area contributed by atoms with Crippen LogP contribution in [0.3, 0.4) is 0 Å². The first-order valence-corrected chi connectivity index (χ1v) is 8.96. The number of methoxy groups -OCH3 is 1. The van der Waals surface area contributed by atoms with Crippen molar-refractivity contribution in [2.45, 2.75) is 44.6 Å². The molecule has 1 amide bonds. The second-order valence-electron chi connectivity index (χ2n) is 6.67. The monoisotopic (exact) mass is 316 g/mol. The summed E-state index contributed by atoms with van der Waals surface area (Å²) in [5, 5.41) is 0. The summed E-state index contributed by atoms with van der Waals surface area (Å²) in [5.41, 5.74) is 0.679. The normalized spacial score (nSPS) is 21.0. The highest BCUT2D eigenvalue weighted by atomic mass is 16.5. The van der Waals surface area contributed by atoms with Gasteiger partial charge in [-0.25, -0.2) is 0 Å². The lowest BCUT2D eigenvalue weighted by molar-refractivity contribution is 0.0549. The van der Waals surface area contributed by atoms with Crippen LogP contribution in [0.1, 0.15) is 48.9 Å². The van der Waals surface area contributed by atoms with E-state index >= 15 is 0 Å². The Balaban J connectivity index is 1.59. The van der Waals surface area contributed by atoms with E-state index in [9.17, 15) is 4.79 Å². The minimum absolute atomic E-state index is 0.1000. The van der Waals surface area contributed by atoms with Gasteiger partial charge in [-0.05, 0) is 25.0 Å². The van der Waals surface area contributed by atoms with Gasteiger partial charge in [0.15, 0.2) is 0 Å². The number of para-hydroxylation sites is 1. The Morgan fingerprint density at radius 1 is 1.00 bits per heavy atom. The zero-order chi connectivity index (χ0) is 16.1. The van der Waals surface area contributed by atoms with Crippen molar-refractivity contribution in [1.82, 2.24) is 9.80 Å². The summed E-state index contributed by atoms with van der Waals surface area (Å²) < 4.78 is 5.33. The van der Waals surface area contributed by atoms with E-state index in [0.29, 0.717) is 11.3 Å². The van der Waals surface area contributed by atoms with Gasteiger partial charge in [-0.1, -0.05) is 37.8 Å². The molecule has 0 atom stereocenters. The molecule has 3 rings (SSSR count). The number of piperazine rings is 1. The minimum Gasteiger partial charge on any atom is -0.496 e. The fourth-order valence-corrected chi connectivity index (χ4v) is 3.90. The number of rotatable bonds is 3. The molecule has 1 aromatic rings. The first-order chi connectivity index (χ1) is 11.3. The molecule has 1 saturated heterocycles. The number of ether oxygens (including phenoxy) is 1. The van der Waals surface area contributed by atoms with Crippen LogP contribution < -0.4 is 4.74 Å². The summed E-state index contributed by atoms with van der Waals surface area (Å²) in [7, 11) is 1.62. The molecule has 4 heteroatoms. The average Bonchev–Trinajstić information content (AvgIpc) is 2.90. The van der Waals surface area contributed by atoms with Crippen LogP contribution in [0.15, 0.2) is 24.3 Å². The molecule has 23 heavy (non-hydrogen) atoms. The lowest BCUT2D eigenvalue weighted by Gasteiger charge is -2.39. The van der Waals surface area contributed by atoms with Crippen LogP contribution in [0, 0.1) is 0 Å². The molecule has 4 nitrogen and oxygen atoms in total. The molecule has 0 N–H and O–H groups in total. The van der Waals surface area contributed by atoms with Gasteiger partial charge < -0.3 is 9.64 Å². The predicted molar refractivity (Wildman–Crippen MR) is 92.0 cm³/mol. The molecule has 0 radical (unpaired) electrons. The van der Waals surface area contributed by atoms with Crippen molar-refractivity contribution in [3.05, 3.63) is 29.8 Å². The van der Waals surface area contributed by atoms with Gasteiger partial charge in [-0.15, -0.1) is 0 Å². The van der Waals surface area contributed by atoms with Gasteiger partial charge in [-0.2, -0.15) is 0 Å². The van der Waals surface area contributed by atoms with E-state index in [4.69, 9.17) is 4.74 Å². The molecule has 2 aliphatic rings. The van der Waals surface area contributed by atoms with Crippen molar-refractivity contribution in [3.63, 3.8) is 0 Å². The van der Waals surface area contributed by atoms with Gasteiger partial charge in [-0.3, -0.25) is 9.69 Å². The highest BCUT2D eigenvalue weighted by molar-refractivity contribution is 5.97. The smallest absolute Gasteiger partial charge is 0.257 e. The Kier molecular flexibility index (Phi) is 5.55. The Labute approximate surface area is 139 Å². The molecule has 0 bridgehead atoms. The number of hydrogen-bond donors (Lipinski definition) is 0. The van der Waals surface area contributed by atoms with Crippen LogP contribution in [0.2, 0.25) is 0 Å². The Hall–Kier alpha value is -1.55. The highest BCUT2D eigenvalue weighted by Crippen LogP contribution is 2.24. The molecule has 0 unspecified atom stereocenters. The van der Waals surface area contributed by atoms with Crippen molar-refractivity contribution in [2.24, 2.45) is 0 Å². The third-order valence-electron chi connectivity index (χ3n) is 5.28. The van der Waals surface area contributed by atoms with Crippen LogP contribution in [-0.2, 0) is 0 Å². The average molecular weight is 316 g/mol. The molecule has 1 aliphatic heterocycles. The number of hydrogen-bond acceptors (Lipinski definition) is 3. The molecule has 2 fully saturated rings. The number of carbonyl (C=O) groups is 1. The first-order valence-electron chi connectivity index (χ1n) is 8.96. The first kappa shape index (κ1) is 16.3. The number of nitrogens with zero attached hydrogens (tertiary/aromatic N) is 2. The van der Waals surface area contributed by atoms with Crippen LogP contribution >= 0.6 is 0 Å². The van der Waals surface area contributed by atoms with Crippen molar-refractivity contribution in [1.29, 1.82) is 0 Å². The highest BCUT2D eigenvalue weighted by Gasteiger charge is 2.27. The number of amides is 1. The molecule has 1 heterocycles. The standard InChI is InChI=1S/C19H28N2O2/c1-23-18-11-7-6-10-17(18)19(22)21-14-12-20(13-15-21)16-8-4-2-3-5-9-16/h6-7,10-11,16H,2-5,8-9,12-15H2,1H3. The van der Waals surface area contributed by atoms with Gasteiger partial charge in [0, 0.05) is 32.2 Å². The molecule has 0 spiro atoms. The molecule has 126 valence electrons. The SMILES string of the molecule is COc1ccccc1C(=O)N1CCN(C2CCCCCC2)CC1. The Bertz CT molecular complexity index is 516. The third-order valence-corrected chi connectivity index (χ3v) is 5.28. The summed E-state index contributed by atoms with van der Waals surface area (Å²) in [6.07, 6.45) is 8.18. The van der Waals surface area contributed by atoms with Crippen molar-refractivity contribution in [2.75, 3.05) is 33.3 Å². The zero-order valence-electron chi connectivity index (χ0n) is 14.2. The summed E-state index contributed by atoms with van der Waals surface area (Å²) in [5.74, 6) is 0.770. The van der Waals surface area contributed by atoms with E-state index in [-0.39, 0.29) is 5.91 Å².